The number of amides is 2. The molecule has 25 heavy (non-hydrogen) atoms. The summed E-state index contributed by atoms with van der Waals surface area (Å²) in [6, 6.07) is 2.36. The van der Waals surface area contributed by atoms with Crippen LogP contribution in [0.4, 0.5) is 4.79 Å². The molecule has 0 bridgehead atoms. The number of urea groups is 1. The Morgan fingerprint density at radius 2 is 2.28 bits per heavy atom. The molecular weight excluding hydrogens is 316 g/mol. The molecule has 2 amide bonds. The van der Waals surface area contributed by atoms with Crippen LogP contribution in [0, 0.1) is 31.1 Å². The standard InChI is InChI=1S/C19H30N4O2/c1-12(11-23-14(3)9-13(2)22-23)10-20-18(24)21-16-15-5-8-25-17(15)19(16)6-4-7-19/h9,12,15-17H,4-8,10-11H2,1-3H3,(H2,20,21,24)/t12-,15-,16-,17+/m1/s1. The molecule has 2 saturated carbocycles. The van der Waals surface area contributed by atoms with E-state index in [0.717, 1.165) is 25.3 Å². The Morgan fingerprint density at radius 1 is 1.48 bits per heavy atom. The average Bonchev–Trinajstić information content (AvgIpc) is 3.06. The molecule has 3 aliphatic rings. The molecule has 0 unspecified atom stereocenters. The lowest BCUT2D eigenvalue weighted by Crippen LogP contribution is -2.72. The van der Waals surface area contributed by atoms with E-state index in [4.69, 9.17) is 4.74 Å². The molecule has 6 heteroatoms. The van der Waals surface area contributed by atoms with Gasteiger partial charge in [-0.25, -0.2) is 4.79 Å². The highest BCUT2D eigenvalue weighted by molar-refractivity contribution is 5.74. The van der Waals surface area contributed by atoms with Crippen LogP contribution in [0.5, 0.6) is 0 Å². The largest absolute Gasteiger partial charge is 0.377 e. The van der Waals surface area contributed by atoms with Gasteiger partial charge in [0.15, 0.2) is 0 Å². The molecule has 4 rings (SSSR count). The van der Waals surface area contributed by atoms with Crippen LogP contribution in [0.25, 0.3) is 0 Å². The van der Waals surface area contributed by atoms with E-state index in [9.17, 15) is 4.79 Å². The number of ether oxygens (including phenoxy) is 1. The van der Waals surface area contributed by atoms with Crippen molar-refractivity contribution in [1.82, 2.24) is 20.4 Å². The molecule has 2 aliphatic carbocycles. The summed E-state index contributed by atoms with van der Waals surface area (Å²) < 4.78 is 7.94. The summed E-state index contributed by atoms with van der Waals surface area (Å²) in [6.07, 6.45) is 5.16. The number of hydrogen-bond acceptors (Lipinski definition) is 3. The van der Waals surface area contributed by atoms with Crippen molar-refractivity contribution in [2.45, 2.75) is 65.1 Å². The Labute approximate surface area is 149 Å². The third kappa shape index (κ3) is 2.84. The fourth-order valence-electron chi connectivity index (χ4n) is 5.13. The molecule has 0 radical (unpaired) electrons. The Balaban J connectivity index is 1.26. The van der Waals surface area contributed by atoms with Crippen molar-refractivity contribution in [2.24, 2.45) is 17.3 Å². The summed E-state index contributed by atoms with van der Waals surface area (Å²) >= 11 is 0. The first-order valence-electron chi connectivity index (χ1n) is 9.66. The van der Waals surface area contributed by atoms with Crippen LogP contribution in [-0.2, 0) is 11.3 Å². The summed E-state index contributed by atoms with van der Waals surface area (Å²) in [6.45, 7) is 8.57. The third-order valence-corrected chi connectivity index (χ3v) is 6.52. The molecule has 1 aliphatic heterocycles. The normalized spacial score (nSPS) is 30.3. The minimum atomic E-state index is -0.0261. The highest BCUT2D eigenvalue weighted by atomic mass is 16.5. The van der Waals surface area contributed by atoms with Crippen molar-refractivity contribution >= 4 is 6.03 Å². The van der Waals surface area contributed by atoms with Gasteiger partial charge in [-0.05, 0) is 45.1 Å². The molecule has 4 atom stereocenters. The van der Waals surface area contributed by atoms with E-state index in [1.165, 1.54) is 25.0 Å². The third-order valence-electron chi connectivity index (χ3n) is 6.52. The second kappa shape index (κ2) is 6.31. The minimum Gasteiger partial charge on any atom is -0.377 e. The maximum atomic E-state index is 12.4. The number of carbonyl (C=O) groups excluding carboxylic acids is 1. The minimum absolute atomic E-state index is 0.0261. The molecule has 1 saturated heterocycles. The molecular formula is C19H30N4O2. The van der Waals surface area contributed by atoms with Crippen LogP contribution in [0.15, 0.2) is 6.07 Å². The van der Waals surface area contributed by atoms with Gasteiger partial charge in [0.05, 0.1) is 11.8 Å². The number of carbonyl (C=O) groups is 1. The molecule has 138 valence electrons. The number of fused-ring (bicyclic) bond motifs is 2. The lowest BCUT2D eigenvalue weighted by Gasteiger charge is -2.63. The van der Waals surface area contributed by atoms with Gasteiger partial charge in [-0.2, -0.15) is 5.10 Å². The van der Waals surface area contributed by atoms with Crippen molar-refractivity contribution in [3.63, 3.8) is 0 Å². The summed E-state index contributed by atoms with van der Waals surface area (Å²) in [5.41, 5.74) is 2.45. The quantitative estimate of drug-likeness (QED) is 0.860. The Morgan fingerprint density at radius 3 is 2.92 bits per heavy atom. The van der Waals surface area contributed by atoms with Crippen molar-refractivity contribution in [2.75, 3.05) is 13.2 Å². The van der Waals surface area contributed by atoms with Crippen molar-refractivity contribution in [1.29, 1.82) is 0 Å². The Hall–Kier alpha value is -1.56. The molecule has 6 nitrogen and oxygen atoms in total. The van der Waals surface area contributed by atoms with Gasteiger partial charge in [-0.3, -0.25) is 4.68 Å². The Bertz CT molecular complexity index is 652. The maximum Gasteiger partial charge on any atom is 0.315 e. The summed E-state index contributed by atoms with van der Waals surface area (Å²) in [5, 5.41) is 10.8. The molecule has 3 fully saturated rings. The fraction of sp³-hybridized carbons (Fsp3) is 0.789. The van der Waals surface area contributed by atoms with Crippen LogP contribution in [0.3, 0.4) is 0 Å². The van der Waals surface area contributed by atoms with Crippen LogP contribution in [0.2, 0.25) is 0 Å². The smallest absolute Gasteiger partial charge is 0.315 e. The zero-order valence-corrected chi connectivity index (χ0v) is 15.5. The zero-order valence-electron chi connectivity index (χ0n) is 15.5. The van der Waals surface area contributed by atoms with Gasteiger partial charge in [-0.15, -0.1) is 0 Å². The van der Waals surface area contributed by atoms with E-state index in [1.807, 2.05) is 11.6 Å². The molecule has 2 heterocycles. The molecule has 1 aromatic rings. The van der Waals surface area contributed by atoms with Crippen LogP contribution >= 0.6 is 0 Å². The van der Waals surface area contributed by atoms with Crippen molar-refractivity contribution in [3.8, 4) is 0 Å². The number of aromatic nitrogens is 2. The molecule has 1 aromatic heterocycles. The lowest BCUT2D eigenvalue weighted by atomic mass is 9.46. The molecule has 1 spiro atoms. The van der Waals surface area contributed by atoms with E-state index in [2.05, 4.69) is 35.6 Å². The van der Waals surface area contributed by atoms with Crippen LogP contribution in [0.1, 0.15) is 44.0 Å². The summed E-state index contributed by atoms with van der Waals surface area (Å²) in [4.78, 5) is 12.4. The van der Waals surface area contributed by atoms with Gasteiger partial charge >= 0.3 is 6.03 Å². The second-order valence-electron chi connectivity index (χ2n) is 8.38. The lowest BCUT2D eigenvalue weighted by molar-refractivity contribution is -0.172. The number of hydrogen-bond donors (Lipinski definition) is 2. The van der Waals surface area contributed by atoms with Gasteiger partial charge in [0.1, 0.15) is 0 Å². The highest BCUT2D eigenvalue weighted by Crippen LogP contribution is 2.62. The monoisotopic (exact) mass is 346 g/mol. The first-order valence-corrected chi connectivity index (χ1v) is 9.66. The molecule has 2 N–H and O–H groups in total. The Kier molecular flexibility index (Phi) is 4.26. The van der Waals surface area contributed by atoms with Gasteiger partial charge in [0, 0.05) is 42.8 Å². The predicted molar refractivity (Wildman–Crippen MR) is 95.3 cm³/mol. The van der Waals surface area contributed by atoms with E-state index in [0.29, 0.717) is 30.5 Å². The van der Waals surface area contributed by atoms with Crippen molar-refractivity contribution < 1.29 is 9.53 Å². The highest BCUT2D eigenvalue weighted by Gasteiger charge is 2.66. The fourth-order valence-corrected chi connectivity index (χ4v) is 5.13. The number of nitrogens with zero attached hydrogens (tertiary/aromatic N) is 2. The topological polar surface area (TPSA) is 68.2 Å². The molecule has 0 aromatic carbocycles. The maximum absolute atomic E-state index is 12.4. The SMILES string of the molecule is Cc1cc(C)n(C[C@H](C)CNC(=O)N[C@@H]2[C@H]3CCO[C@@H]3C23CCC3)n1. The van der Waals surface area contributed by atoms with Gasteiger partial charge < -0.3 is 15.4 Å². The second-order valence-corrected chi connectivity index (χ2v) is 8.38. The average molecular weight is 346 g/mol. The van der Waals surface area contributed by atoms with Gasteiger partial charge in [0.25, 0.3) is 0 Å². The number of aryl methyl sites for hydroxylation is 2. The van der Waals surface area contributed by atoms with Crippen molar-refractivity contribution in [3.05, 3.63) is 17.5 Å². The zero-order chi connectivity index (χ0) is 17.6. The number of rotatable bonds is 5. The van der Waals surface area contributed by atoms with E-state index < -0.39 is 0 Å². The first-order chi connectivity index (χ1) is 12.0. The van der Waals surface area contributed by atoms with E-state index >= 15 is 0 Å². The first kappa shape index (κ1) is 16.9. The summed E-state index contributed by atoms with van der Waals surface area (Å²) in [5.74, 6) is 0.864. The van der Waals surface area contributed by atoms with E-state index in [-0.39, 0.29) is 11.4 Å². The van der Waals surface area contributed by atoms with Crippen LogP contribution in [-0.4, -0.2) is 41.1 Å². The van der Waals surface area contributed by atoms with E-state index in [1.54, 1.807) is 0 Å². The summed E-state index contributed by atoms with van der Waals surface area (Å²) in [7, 11) is 0. The number of nitrogens with one attached hydrogen (secondary N) is 2. The van der Waals surface area contributed by atoms with Gasteiger partial charge in [0.2, 0.25) is 0 Å². The van der Waals surface area contributed by atoms with Gasteiger partial charge in [-0.1, -0.05) is 13.3 Å². The predicted octanol–water partition coefficient (Wildman–Crippen LogP) is 2.39. The van der Waals surface area contributed by atoms with Crippen LogP contribution < -0.4 is 10.6 Å².